The number of carbonyl (C=O) groups is 2. The highest BCUT2D eigenvalue weighted by Gasteiger charge is 2.34. The van der Waals surface area contributed by atoms with Gasteiger partial charge < -0.3 is 14.9 Å². The van der Waals surface area contributed by atoms with Crippen molar-refractivity contribution in [3.63, 3.8) is 0 Å². The lowest BCUT2D eigenvalue weighted by Crippen LogP contribution is -2.34. The maximum absolute atomic E-state index is 11.4. The van der Waals surface area contributed by atoms with Gasteiger partial charge in [-0.3, -0.25) is 9.59 Å². The summed E-state index contributed by atoms with van der Waals surface area (Å²) >= 11 is 0. The number of aliphatic hydroxyl groups excluding tert-OH is 1. The number of aliphatic carboxylic acids is 1. The standard InChI is InChI=1S/C18H26O3.C4H8O2/c1-12-6-7-13-4-2-3-5-17(13)16(12)9-8-15-10-14(19)11-18(20)21-15;1-2-3-4(5)6/h4,6-7,12,14-17,19H,2-3,5,8-11H2,1H3;2-3H2,1H3,(H,5,6)/t12?,14-,15-,16?,17+;/m1./s1. The summed E-state index contributed by atoms with van der Waals surface area (Å²) in [6.45, 7) is 4.14. The highest BCUT2D eigenvalue weighted by molar-refractivity contribution is 5.70. The number of carbonyl (C=O) groups excluding carboxylic acids is 1. The van der Waals surface area contributed by atoms with Crippen molar-refractivity contribution in [1.82, 2.24) is 0 Å². The van der Waals surface area contributed by atoms with Crippen molar-refractivity contribution in [2.45, 2.75) is 83.8 Å². The molecule has 27 heavy (non-hydrogen) atoms. The van der Waals surface area contributed by atoms with Gasteiger partial charge >= 0.3 is 11.9 Å². The number of allylic oxidation sites excluding steroid dienone is 4. The fourth-order valence-electron chi connectivity index (χ4n) is 4.44. The second-order valence-electron chi connectivity index (χ2n) is 8.05. The first-order valence-electron chi connectivity index (χ1n) is 10.4. The topological polar surface area (TPSA) is 83.8 Å². The van der Waals surface area contributed by atoms with Gasteiger partial charge in [-0.25, -0.2) is 0 Å². The molecule has 2 aliphatic carbocycles. The van der Waals surface area contributed by atoms with Crippen molar-refractivity contribution in [1.29, 1.82) is 0 Å². The van der Waals surface area contributed by atoms with E-state index in [2.05, 4.69) is 25.2 Å². The molecule has 0 saturated carbocycles. The zero-order valence-electron chi connectivity index (χ0n) is 16.6. The summed E-state index contributed by atoms with van der Waals surface area (Å²) in [5, 5.41) is 17.6. The summed E-state index contributed by atoms with van der Waals surface area (Å²) < 4.78 is 5.39. The third kappa shape index (κ3) is 6.80. The number of carboxylic acids is 1. The normalized spacial score (nSPS) is 32.5. The first kappa shape index (κ1) is 21.7. The van der Waals surface area contributed by atoms with Gasteiger partial charge in [0.05, 0.1) is 12.5 Å². The van der Waals surface area contributed by atoms with Crippen molar-refractivity contribution in [2.75, 3.05) is 0 Å². The van der Waals surface area contributed by atoms with E-state index in [-0.39, 0.29) is 18.5 Å². The Kier molecular flexibility index (Phi) is 8.55. The summed E-state index contributed by atoms with van der Waals surface area (Å²) in [6, 6.07) is 0. The van der Waals surface area contributed by atoms with Gasteiger partial charge in [0.2, 0.25) is 0 Å². The van der Waals surface area contributed by atoms with Crippen LogP contribution < -0.4 is 0 Å². The fourth-order valence-corrected chi connectivity index (χ4v) is 4.44. The average molecular weight is 379 g/mol. The Bertz CT molecular complexity index is 565. The molecule has 0 aromatic carbocycles. The number of fused-ring (bicyclic) bond motifs is 1. The number of ether oxygens (including phenoxy) is 1. The van der Waals surface area contributed by atoms with Gasteiger partial charge in [0.15, 0.2) is 0 Å². The lowest BCUT2D eigenvalue weighted by atomic mass is 9.68. The second-order valence-corrected chi connectivity index (χ2v) is 8.05. The minimum atomic E-state index is -0.711. The van der Waals surface area contributed by atoms with Gasteiger partial charge in [0.25, 0.3) is 0 Å². The Morgan fingerprint density at radius 2 is 2.11 bits per heavy atom. The number of hydrogen-bond donors (Lipinski definition) is 2. The minimum absolute atomic E-state index is 0.0876. The van der Waals surface area contributed by atoms with E-state index in [9.17, 15) is 14.7 Å². The van der Waals surface area contributed by atoms with E-state index >= 15 is 0 Å². The molecule has 5 heteroatoms. The molecule has 152 valence electrons. The van der Waals surface area contributed by atoms with E-state index in [1.54, 1.807) is 0 Å². The molecule has 3 rings (SSSR count). The number of hydrogen-bond acceptors (Lipinski definition) is 4. The monoisotopic (exact) mass is 378 g/mol. The van der Waals surface area contributed by atoms with Crippen LogP contribution in [0.15, 0.2) is 23.8 Å². The van der Waals surface area contributed by atoms with Gasteiger partial charge in [-0.05, 0) is 61.9 Å². The maximum Gasteiger partial charge on any atom is 0.308 e. The first-order valence-corrected chi connectivity index (χ1v) is 10.4. The van der Waals surface area contributed by atoms with Crippen LogP contribution in [0.5, 0.6) is 0 Å². The summed E-state index contributed by atoms with van der Waals surface area (Å²) in [5.41, 5.74) is 1.52. The van der Waals surface area contributed by atoms with Crippen molar-refractivity contribution >= 4 is 11.9 Å². The average Bonchev–Trinajstić information content (AvgIpc) is 2.60. The molecule has 0 bridgehead atoms. The van der Waals surface area contributed by atoms with Crippen LogP contribution >= 0.6 is 0 Å². The van der Waals surface area contributed by atoms with Crippen LogP contribution in [0.25, 0.3) is 0 Å². The lowest BCUT2D eigenvalue weighted by molar-refractivity contribution is -0.160. The van der Waals surface area contributed by atoms with E-state index in [0.29, 0.717) is 30.6 Å². The van der Waals surface area contributed by atoms with E-state index in [4.69, 9.17) is 9.84 Å². The summed E-state index contributed by atoms with van der Waals surface area (Å²) in [6.07, 6.45) is 14.0. The first-order chi connectivity index (χ1) is 12.9. The van der Waals surface area contributed by atoms with Gasteiger partial charge in [-0.2, -0.15) is 0 Å². The van der Waals surface area contributed by atoms with E-state index in [1.165, 1.54) is 24.8 Å². The summed E-state index contributed by atoms with van der Waals surface area (Å²) in [7, 11) is 0. The van der Waals surface area contributed by atoms with Crippen molar-refractivity contribution in [2.24, 2.45) is 17.8 Å². The molecule has 0 spiro atoms. The highest BCUT2D eigenvalue weighted by Crippen LogP contribution is 2.42. The predicted molar refractivity (Wildman–Crippen MR) is 104 cm³/mol. The molecular formula is C22H34O5. The molecule has 2 unspecified atom stereocenters. The number of cyclic esters (lactones) is 1. The molecule has 2 N–H and O–H groups in total. The van der Waals surface area contributed by atoms with Gasteiger partial charge in [-0.15, -0.1) is 0 Å². The van der Waals surface area contributed by atoms with Crippen LogP contribution in [0.3, 0.4) is 0 Å². The largest absolute Gasteiger partial charge is 0.481 e. The molecule has 1 saturated heterocycles. The van der Waals surface area contributed by atoms with Crippen LogP contribution in [0.2, 0.25) is 0 Å². The third-order valence-electron chi connectivity index (χ3n) is 5.83. The molecule has 0 aromatic rings. The van der Waals surface area contributed by atoms with Crippen LogP contribution in [0, 0.1) is 17.8 Å². The predicted octanol–water partition coefficient (Wildman–Crippen LogP) is 4.25. The van der Waals surface area contributed by atoms with Crippen LogP contribution in [0.4, 0.5) is 0 Å². The van der Waals surface area contributed by atoms with E-state index in [0.717, 1.165) is 19.3 Å². The van der Waals surface area contributed by atoms with Crippen molar-refractivity contribution in [3.8, 4) is 0 Å². The molecule has 1 aliphatic heterocycles. The maximum atomic E-state index is 11.4. The zero-order valence-corrected chi connectivity index (χ0v) is 16.6. The Morgan fingerprint density at radius 3 is 2.74 bits per heavy atom. The molecule has 0 aromatic heterocycles. The molecule has 0 amide bonds. The quantitative estimate of drug-likeness (QED) is 0.699. The lowest BCUT2D eigenvalue weighted by Gasteiger charge is -2.38. The van der Waals surface area contributed by atoms with Crippen LogP contribution in [-0.4, -0.2) is 34.4 Å². The minimum Gasteiger partial charge on any atom is -0.481 e. The molecular weight excluding hydrogens is 344 g/mol. The third-order valence-corrected chi connectivity index (χ3v) is 5.83. The van der Waals surface area contributed by atoms with Crippen LogP contribution in [-0.2, 0) is 14.3 Å². The highest BCUT2D eigenvalue weighted by atomic mass is 16.5. The Balaban J connectivity index is 0.000000380. The van der Waals surface area contributed by atoms with Crippen molar-refractivity contribution in [3.05, 3.63) is 23.8 Å². The van der Waals surface area contributed by atoms with Gasteiger partial charge in [-0.1, -0.05) is 32.1 Å². The summed E-state index contributed by atoms with van der Waals surface area (Å²) in [4.78, 5) is 21.0. The van der Waals surface area contributed by atoms with E-state index < -0.39 is 12.1 Å². The molecule has 1 heterocycles. The Morgan fingerprint density at radius 1 is 1.33 bits per heavy atom. The van der Waals surface area contributed by atoms with Gasteiger partial charge in [0, 0.05) is 12.8 Å². The number of rotatable bonds is 5. The van der Waals surface area contributed by atoms with Crippen LogP contribution in [0.1, 0.15) is 71.6 Å². The van der Waals surface area contributed by atoms with Gasteiger partial charge in [0.1, 0.15) is 6.10 Å². The summed E-state index contributed by atoms with van der Waals surface area (Å²) in [5.74, 6) is 0.975. The smallest absolute Gasteiger partial charge is 0.308 e. The number of carboxylic acid groups (broad SMARTS) is 1. The fraction of sp³-hybridized carbons (Fsp3) is 0.727. The molecule has 1 fully saturated rings. The Labute approximate surface area is 162 Å². The molecule has 0 radical (unpaired) electrons. The number of aliphatic hydroxyl groups is 1. The van der Waals surface area contributed by atoms with E-state index in [1.807, 2.05) is 6.92 Å². The molecule has 5 nitrogen and oxygen atoms in total. The molecule has 5 atom stereocenters. The molecule has 3 aliphatic rings. The number of esters is 1. The second kappa shape index (κ2) is 10.6. The van der Waals surface area contributed by atoms with Crippen molar-refractivity contribution < 1.29 is 24.5 Å². The Hall–Kier alpha value is -1.62. The zero-order chi connectivity index (χ0) is 19.8. The SMILES string of the molecule is CC1C=CC2=CCCC[C@@H]2C1CC[C@@H]1C[C@@H](O)CC(=O)O1.CCCC(=O)O.